The molecule has 0 aliphatic heterocycles. The number of anilines is 2. The van der Waals surface area contributed by atoms with Gasteiger partial charge in [0, 0.05) is 24.6 Å². The molecule has 1 rings (SSSR count). The average molecular weight is 294 g/mol. The molecule has 1 aromatic heterocycles. The smallest absolute Gasteiger partial charge is 0.138 e. The molecule has 0 bridgehead atoms. The van der Waals surface area contributed by atoms with E-state index < -0.39 is 0 Å². The Morgan fingerprint density at radius 1 is 1.14 bits per heavy atom. The van der Waals surface area contributed by atoms with Crippen molar-refractivity contribution in [2.45, 2.75) is 59.4 Å². The Balaban J connectivity index is 3.46. The van der Waals surface area contributed by atoms with Crippen LogP contribution in [0.5, 0.6) is 0 Å². The molecule has 0 aromatic carbocycles. The van der Waals surface area contributed by atoms with E-state index in [0.717, 1.165) is 29.6 Å². The molecule has 0 amide bonds. The highest BCUT2D eigenvalue weighted by molar-refractivity contribution is 5.59. The van der Waals surface area contributed by atoms with Gasteiger partial charge in [-0.3, -0.25) is 0 Å². The fraction of sp³-hybridized carbons (Fsp3) is 0.750. The number of hydrogen-bond acceptors (Lipinski definition) is 5. The average Bonchev–Trinajstić information content (AvgIpc) is 2.39. The first-order chi connectivity index (χ1) is 9.54. The van der Waals surface area contributed by atoms with E-state index in [-0.39, 0.29) is 17.6 Å². The summed E-state index contributed by atoms with van der Waals surface area (Å²) in [5.41, 5.74) is 0.503. The summed E-state index contributed by atoms with van der Waals surface area (Å²) < 4.78 is 0. The van der Waals surface area contributed by atoms with Crippen molar-refractivity contribution in [3.05, 3.63) is 11.4 Å². The van der Waals surface area contributed by atoms with E-state index in [2.05, 4.69) is 38.0 Å². The minimum absolute atomic E-state index is 0.0638. The molecule has 0 unspecified atom stereocenters. The van der Waals surface area contributed by atoms with Gasteiger partial charge in [0.25, 0.3) is 0 Å². The highest BCUT2D eigenvalue weighted by atomic mass is 16.3. The van der Waals surface area contributed by atoms with Crippen molar-refractivity contribution in [3.63, 3.8) is 0 Å². The molecule has 0 aliphatic carbocycles. The summed E-state index contributed by atoms with van der Waals surface area (Å²) in [6.07, 6.45) is 0. The van der Waals surface area contributed by atoms with Crippen molar-refractivity contribution in [3.8, 4) is 0 Å². The highest BCUT2D eigenvalue weighted by Crippen LogP contribution is 2.30. The van der Waals surface area contributed by atoms with E-state index in [9.17, 15) is 5.11 Å². The number of likely N-dealkylation sites (N-methyl/N-ethyl adjacent to an activating group) is 1. The van der Waals surface area contributed by atoms with Crippen molar-refractivity contribution in [2.24, 2.45) is 0 Å². The van der Waals surface area contributed by atoms with Crippen LogP contribution in [0.4, 0.5) is 11.6 Å². The van der Waals surface area contributed by atoms with Crippen LogP contribution in [0.3, 0.4) is 0 Å². The Kier molecular flexibility index (Phi) is 5.20. The maximum atomic E-state index is 9.62. The fourth-order valence-corrected chi connectivity index (χ4v) is 1.90. The zero-order valence-electron chi connectivity index (χ0n) is 14.7. The molecule has 0 radical (unpaired) electrons. The first kappa shape index (κ1) is 17.7. The van der Waals surface area contributed by atoms with Gasteiger partial charge in [0.05, 0.1) is 12.1 Å². The number of hydrogen-bond donors (Lipinski definition) is 2. The first-order valence-electron chi connectivity index (χ1n) is 7.52. The van der Waals surface area contributed by atoms with Crippen LogP contribution in [-0.4, -0.2) is 40.8 Å². The zero-order valence-corrected chi connectivity index (χ0v) is 14.7. The van der Waals surface area contributed by atoms with Crippen molar-refractivity contribution < 1.29 is 5.11 Å². The molecule has 1 aromatic rings. The summed E-state index contributed by atoms with van der Waals surface area (Å²) in [4.78, 5) is 11.5. The van der Waals surface area contributed by atoms with Crippen LogP contribution < -0.4 is 10.2 Å². The Bertz CT molecular complexity index is 492. The Hall–Kier alpha value is -1.36. The maximum Gasteiger partial charge on any atom is 0.138 e. The second-order valence-corrected chi connectivity index (χ2v) is 7.15. The van der Waals surface area contributed by atoms with Gasteiger partial charge in [-0.2, -0.15) is 0 Å². The molecule has 120 valence electrons. The molecular formula is C16H30N4O. The summed E-state index contributed by atoms with van der Waals surface area (Å²) >= 11 is 0. The normalized spacial score (nSPS) is 12.4. The number of aliphatic hydroxyl groups excluding tert-OH is 1. The zero-order chi connectivity index (χ0) is 16.4. The largest absolute Gasteiger partial charge is 0.394 e. The SMILES string of the molecule is CCNc1nc(C(C)(C)C)nc(N(C)C(C)(C)CO)c1C. The van der Waals surface area contributed by atoms with Gasteiger partial charge in [-0.15, -0.1) is 0 Å². The quantitative estimate of drug-likeness (QED) is 0.874. The number of rotatable bonds is 5. The summed E-state index contributed by atoms with van der Waals surface area (Å²) in [5, 5.41) is 12.9. The van der Waals surface area contributed by atoms with E-state index in [1.165, 1.54) is 0 Å². The number of nitrogens with one attached hydrogen (secondary N) is 1. The van der Waals surface area contributed by atoms with E-state index in [4.69, 9.17) is 4.98 Å². The lowest BCUT2D eigenvalue weighted by atomic mass is 9.95. The molecule has 21 heavy (non-hydrogen) atoms. The molecule has 1 heterocycles. The molecule has 0 saturated carbocycles. The molecule has 2 N–H and O–H groups in total. The third-order valence-corrected chi connectivity index (χ3v) is 3.75. The second kappa shape index (κ2) is 6.18. The van der Waals surface area contributed by atoms with Crippen LogP contribution in [0, 0.1) is 6.92 Å². The predicted octanol–water partition coefficient (Wildman–Crippen LogP) is 2.72. The van der Waals surface area contributed by atoms with Crippen LogP contribution in [0.15, 0.2) is 0 Å². The maximum absolute atomic E-state index is 9.62. The van der Waals surface area contributed by atoms with Crippen molar-refractivity contribution in [2.75, 3.05) is 30.4 Å². The van der Waals surface area contributed by atoms with Crippen molar-refractivity contribution in [1.29, 1.82) is 0 Å². The lowest BCUT2D eigenvalue weighted by molar-refractivity contribution is 0.215. The predicted molar refractivity (Wildman–Crippen MR) is 89.2 cm³/mol. The number of aliphatic hydroxyl groups is 1. The van der Waals surface area contributed by atoms with E-state index in [1.807, 2.05) is 32.7 Å². The third-order valence-electron chi connectivity index (χ3n) is 3.75. The van der Waals surface area contributed by atoms with Crippen molar-refractivity contribution in [1.82, 2.24) is 9.97 Å². The summed E-state index contributed by atoms with van der Waals surface area (Å²) in [5.74, 6) is 2.54. The minimum atomic E-state index is -0.377. The Morgan fingerprint density at radius 3 is 2.14 bits per heavy atom. The molecule has 0 fully saturated rings. The van der Waals surface area contributed by atoms with Crippen LogP contribution in [0.1, 0.15) is 52.9 Å². The van der Waals surface area contributed by atoms with Gasteiger partial charge in [0.15, 0.2) is 0 Å². The molecule has 0 atom stereocenters. The minimum Gasteiger partial charge on any atom is -0.394 e. The number of aromatic nitrogens is 2. The summed E-state index contributed by atoms with van der Waals surface area (Å²) in [6, 6.07) is 0. The van der Waals surface area contributed by atoms with Gasteiger partial charge in [0.1, 0.15) is 17.5 Å². The number of nitrogens with zero attached hydrogens (tertiary/aromatic N) is 3. The van der Waals surface area contributed by atoms with Gasteiger partial charge in [-0.05, 0) is 27.7 Å². The third kappa shape index (κ3) is 3.84. The van der Waals surface area contributed by atoms with E-state index in [0.29, 0.717) is 0 Å². The van der Waals surface area contributed by atoms with Crippen LogP contribution in [0.2, 0.25) is 0 Å². The molecule has 5 nitrogen and oxygen atoms in total. The molecule has 0 aliphatic rings. The van der Waals surface area contributed by atoms with Crippen LogP contribution in [0.25, 0.3) is 0 Å². The van der Waals surface area contributed by atoms with E-state index >= 15 is 0 Å². The van der Waals surface area contributed by atoms with Gasteiger partial charge in [-0.1, -0.05) is 20.8 Å². The molecule has 5 heteroatoms. The first-order valence-corrected chi connectivity index (χ1v) is 7.52. The topological polar surface area (TPSA) is 61.3 Å². The summed E-state index contributed by atoms with van der Waals surface area (Å²) in [7, 11) is 1.97. The van der Waals surface area contributed by atoms with Gasteiger partial charge < -0.3 is 15.3 Å². The van der Waals surface area contributed by atoms with Crippen LogP contribution >= 0.6 is 0 Å². The molecule has 0 spiro atoms. The van der Waals surface area contributed by atoms with Crippen molar-refractivity contribution >= 4 is 11.6 Å². The van der Waals surface area contributed by atoms with E-state index in [1.54, 1.807) is 0 Å². The van der Waals surface area contributed by atoms with Crippen LogP contribution in [-0.2, 0) is 5.41 Å². The highest BCUT2D eigenvalue weighted by Gasteiger charge is 2.28. The monoisotopic (exact) mass is 294 g/mol. The Morgan fingerprint density at radius 2 is 1.71 bits per heavy atom. The standard InChI is InChI=1S/C16H30N4O/c1-9-17-12-11(2)13(20(8)16(6,7)10-21)19-14(18-12)15(3,4)5/h21H,9-10H2,1-8H3,(H,17,18,19). The van der Waals surface area contributed by atoms with Gasteiger partial charge >= 0.3 is 0 Å². The fourth-order valence-electron chi connectivity index (χ4n) is 1.90. The second-order valence-electron chi connectivity index (χ2n) is 7.15. The van der Waals surface area contributed by atoms with Gasteiger partial charge in [0.2, 0.25) is 0 Å². The van der Waals surface area contributed by atoms with Gasteiger partial charge in [-0.25, -0.2) is 9.97 Å². The molecule has 0 saturated heterocycles. The molecular weight excluding hydrogens is 264 g/mol. The Labute approximate surface area is 128 Å². The summed E-state index contributed by atoms with van der Waals surface area (Å²) in [6.45, 7) is 15.3. The lowest BCUT2D eigenvalue weighted by Gasteiger charge is -2.36. The lowest BCUT2D eigenvalue weighted by Crippen LogP contribution is -2.45.